The molecule has 4 unspecified atom stereocenters. The minimum absolute atomic E-state index is 0.0697. The fourth-order valence-corrected chi connectivity index (χ4v) is 7.61. The minimum Gasteiger partial charge on any atom is -0.481 e. The second-order valence-electron chi connectivity index (χ2n) is 10.4. The van der Waals surface area contributed by atoms with Gasteiger partial charge in [0.25, 0.3) is 5.91 Å². The topological polar surface area (TPSA) is 104 Å². The first-order valence-corrected chi connectivity index (χ1v) is 15.2. The number of aliphatic carboxylic acids is 1. The highest BCUT2D eigenvalue weighted by Crippen LogP contribution is 2.50. The first-order chi connectivity index (χ1) is 18.4. The van der Waals surface area contributed by atoms with Crippen molar-refractivity contribution in [3.8, 4) is 0 Å². The molecule has 0 bridgehead atoms. The van der Waals surface area contributed by atoms with Crippen LogP contribution in [0.5, 0.6) is 0 Å². The Morgan fingerprint density at radius 2 is 1.82 bits per heavy atom. The number of carboxylic acids is 1. The number of carbonyl (C=O) groups excluding carboxylic acids is 1. The number of rotatable bonds is 11. The van der Waals surface area contributed by atoms with Crippen LogP contribution in [0.15, 0.2) is 48.5 Å². The van der Waals surface area contributed by atoms with E-state index < -0.39 is 57.2 Å². The van der Waals surface area contributed by atoms with Gasteiger partial charge in [-0.2, -0.15) is 0 Å². The number of sulfonamides is 1. The standard InChI is InChI=1S/C28H34Cl2N2O6S/c1-4-22(17-31(2)39(36,37)23-12-13-23)32-26(18-8-10-20(29)11-9-18)24(19-6-5-7-21(30)14-19)15-28(38-3,27(32)35)16-25(33)34/h5-11,14,22-24,26H,4,12-13,15-17H2,1-3H3,(H,33,34). The molecule has 212 valence electrons. The molecule has 2 aromatic rings. The van der Waals surface area contributed by atoms with Crippen LogP contribution in [0.4, 0.5) is 0 Å². The predicted octanol–water partition coefficient (Wildman–Crippen LogP) is 5.11. The molecule has 1 N–H and O–H groups in total. The fraction of sp³-hybridized carbons (Fsp3) is 0.500. The van der Waals surface area contributed by atoms with E-state index in [9.17, 15) is 23.1 Å². The molecule has 1 saturated carbocycles. The number of hydrogen-bond donors (Lipinski definition) is 1. The molecule has 1 heterocycles. The number of piperidine rings is 1. The largest absolute Gasteiger partial charge is 0.481 e. The maximum absolute atomic E-state index is 14.4. The van der Waals surface area contributed by atoms with Crippen molar-refractivity contribution < 1.29 is 27.9 Å². The summed E-state index contributed by atoms with van der Waals surface area (Å²) >= 11 is 12.6. The Kier molecular flexibility index (Phi) is 8.98. The van der Waals surface area contributed by atoms with Gasteiger partial charge in [0, 0.05) is 42.7 Å². The molecular formula is C28H34Cl2N2O6S. The number of likely N-dealkylation sites (tertiary alicyclic amines) is 1. The maximum atomic E-state index is 14.4. The van der Waals surface area contributed by atoms with Crippen molar-refractivity contribution in [1.82, 2.24) is 9.21 Å². The van der Waals surface area contributed by atoms with Crippen molar-refractivity contribution in [3.05, 3.63) is 69.7 Å². The summed E-state index contributed by atoms with van der Waals surface area (Å²) in [5.41, 5.74) is -0.0344. The van der Waals surface area contributed by atoms with E-state index in [1.165, 1.54) is 18.5 Å². The number of carbonyl (C=O) groups is 2. The highest BCUT2D eigenvalue weighted by atomic mass is 35.5. The van der Waals surface area contributed by atoms with E-state index in [0.717, 1.165) is 11.1 Å². The lowest BCUT2D eigenvalue weighted by molar-refractivity contribution is -0.178. The van der Waals surface area contributed by atoms with Gasteiger partial charge in [-0.25, -0.2) is 12.7 Å². The van der Waals surface area contributed by atoms with Crippen LogP contribution in [0, 0.1) is 0 Å². The predicted molar refractivity (Wildman–Crippen MR) is 150 cm³/mol. The zero-order chi connectivity index (χ0) is 28.5. The molecule has 0 spiro atoms. The summed E-state index contributed by atoms with van der Waals surface area (Å²) in [6, 6.07) is 13.4. The number of amides is 1. The molecule has 11 heteroatoms. The monoisotopic (exact) mass is 596 g/mol. The number of hydrogen-bond acceptors (Lipinski definition) is 5. The van der Waals surface area contributed by atoms with Crippen LogP contribution in [0.3, 0.4) is 0 Å². The second-order valence-corrected chi connectivity index (χ2v) is 13.6. The zero-order valence-corrected chi connectivity index (χ0v) is 24.5. The Hall–Kier alpha value is -2.17. The molecule has 39 heavy (non-hydrogen) atoms. The highest BCUT2D eigenvalue weighted by Gasteiger charge is 2.55. The molecular weight excluding hydrogens is 563 g/mol. The van der Waals surface area contributed by atoms with Crippen molar-refractivity contribution in [3.63, 3.8) is 0 Å². The summed E-state index contributed by atoms with van der Waals surface area (Å²) in [6.45, 7) is 1.96. The summed E-state index contributed by atoms with van der Waals surface area (Å²) in [6.07, 6.45) is 1.26. The molecule has 1 saturated heterocycles. The number of ether oxygens (including phenoxy) is 1. The molecule has 0 aromatic heterocycles. The van der Waals surface area contributed by atoms with Crippen molar-refractivity contribution in [1.29, 1.82) is 0 Å². The van der Waals surface area contributed by atoms with E-state index in [4.69, 9.17) is 27.9 Å². The average molecular weight is 598 g/mol. The summed E-state index contributed by atoms with van der Waals surface area (Å²) in [5, 5.41) is 10.5. The Balaban J connectivity index is 1.89. The van der Waals surface area contributed by atoms with Crippen LogP contribution >= 0.6 is 23.2 Å². The van der Waals surface area contributed by atoms with E-state index >= 15 is 0 Å². The summed E-state index contributed by atoms with van der Waals surface area (Å²) in [5.74, 6) is -2.04. The third-order valence-corrected chi connectivity index (χ3v) is 10.7. The molecule has 2 aliphatic rings. The minimum atomic E-state index is -3.50. The van der Waals surface area contributed by atoms with E-state index in [2.05, 4.69) is 0 Å². The Labute approximate surface area is 239 Å². The summed E-state index contributed by atoms with van der Waals surface area (Å²) < 4.78 is 33.2. The molecule has 1 aliphatic carbocycles. The molecule has 2 aromatic carbocycles. The van der Waals surface area contributed by atoms with Crippen LogP contribution < -0.4 is 0 Å². The number of halogens is 2. The zero-order valence-electron chi connectivity index (χ0n) is 22.2. The molecule has 2 fully saturated rings. The summed E-state index contributed by atoms with van der Waals surface area (Å²) in [4.78, 5) is 28.1. The molecule has 4 atom stereocenters. The average Bonchev–Trinajstić information content (AvgIpc) is 3.75. The van der Waals surface area contributed by atoms with Gasteiger partial charge in [0.05, 0.1) is 17.7 Å². The normalized spacial score (nSPS) is 24.7. The Morgan fingerprint density at radius 3 is 2.36 bits per heavy atom. The third-order valence-electron chi connectivity index (χ3n) is 7.88. The second kappa shape index (κ2) is 11.7. The van der Waals surface area contributed by atoms with Crippen molar-refractivity contribution in [2.45, 2.75) is 67.9 Å². The first-order valence-electron chi connectivity index (χ1n) is 13.0. The Bertz CT molecular complexity index is 1320. The van der Waals surface area contributed by atoms with Gasteiger partial charge in [-0.3, -0.25) is 9.59 Å². The number of nitrogens with zero attached hydrogens (tertiary/aromatic N) is 2. The molecule has 0 radical (unpaired) electrons. The summed E-state index contributed by atoms with van der Waals surface area (Å²) in [7, 11) is -0.617. The van der Waals surface area contributed by atoms with Crippen molar-refractivity contribution in [2.75, 3.05) is 20.7 Å². The van der Waals surface area contributed by atoms with E-state index in [1.54, 1.807) is 23.1 Å². The van der Waals surface area contributed by atoms with Gasteiger partial charge in [-0.05, 0) is 61.1 Å². The first kappa shape index (κ1) is 29.8. The Morgan fingerprint density at radius 1 is 1.15 bits per heavy atom. The van der Waals surface area contributed by atoms with Crippen LogP contribution in [0.1, 0.15) is 62.1 Å². The van der Waals surface area contributed by atoms with Gasteiger partial charge in [0.2, 0.25) is 10.0 Å². The molecule has 8 nitrogen and oxygen atoms in total. The lowest BCUT2D eigenvalue weighted by atomic mass is 9.72. The van der Waals surface area contributed by atoms with Crippen LogP contribution in [0.2, 0.25) is 10.0 Å². The van der Waals surface area contributed by atoms with Gasteiger partial charge >= 0.3 is 5.97 Å². The van der Waals surface area contributed by atoms with Crippen LogP contribution in [0.25, 0.3) is 0 Å². The van der Waals surface area contributed by atoms with Crippen molar-refractivity contribution >= 4 is 45.1 Å². The van der Waals surface area contributed by atoms with Gasteiger partial charge < -0.3 is 14.7 Å². The van der Waals surface area contributed by atoms with Gasteiger partial charge in [0.1, 0.15) is 0 Å². The maximum Gasteiger partial charge on any atom is 0.306 e. The van der Waals surface area contributed by atoms with Gasteiger partial charge in [0.15, 0.2) is 5.60 Å². The van der Waals surface area contributed by atoms with E-state index in [0.29, 0.717) is 29.3 Å². The lowest BCUT2D eigenvalue weighted by Crippen LogP contribution is -2.62. The lowest BCUT2D eigenvalue weighted by Gasteiger charge is -2.52. The third kappa shape index (κ3) is 6.12. The number of benzene rings is 2. The van der Waals surface area contributed by atoms with Crippen LogP contribution in [-0.4, -0.2) is 72.2 Å². The number of methoxy groups -OCH3 is 1. The quantitative estimate of drug-likeness (QED) is 0.386. The molecule has 1 aliphatic heterocycles. The van der Waals surface area contributed by atoms with Gasteiger partial charge in [-0.15, -0.1) is 0 Å². The van der Waals surface area contributed by atoms with E-state index in [-0.39, 0.29) is 13.0 Å². The number of carboxylic acid groups (broad SMARTS) is 1. The fourth-order valence-electron chi connectivity index (χ4n) is 5.66. The molecule has 4 rings (SSSR count). The highest BCUT2D eigenvalue weighted by molar-refractivity contribution is 7.90. The van der Waals surface area contributed by atoms with E-state index in [1.807, 2.05) is 37.3 Å². The van der Waals surface area contributed by atoms with Crippen LogP contribution in [-0.2, 0) is 24.3 Å². The smallest absolute Gasteiger partial charge is 0.306 e. The molecule has 1 amide bonds. The van der Waals surface area contributed by atoms with Gasteiger partial charge in [-0.1, -0.05) is 54.4 Å². The SMILES string of the molecule is CCC(CN(C)S(=O)(=O)C1CC1)N1C(=O)C(CC(=O)O)(OC)CC(c2cccc(Cl)c2)C1c1ccc(Cl)cc1. The number of likely N-dealkylation sites (N-methyl/N-ethyl adjacent to an activating group) is 1. The van der Waals surface area contributed by atoms with Crippen molar-refractivity contribution in [2.24, 2.45) is 0 Å².